The molecule has 2 atom stereocenters. The maximum Gasteiger partial charge on any atom is 0.254 e. The fraction of sp³-hybridized carbons (Fsp3) is 0.600. The third-order valence-electron chi connectivity index (χ3n) is 4.80. The topological polar surface area (TPSA) is 45.2 Å². The second-order valence-electron chi connectivity index (χ2n) is 6.09. The van der Waals surface area contributed by atoms with Gasteiger partial charge in [0.25, 0.3) is 5.91 Å². The molecule has 0 spiro atoms. The Hall–Kier alpha value is -0.650. The third kappa shape index (κ3) is 3.25. The number of aromatic nitrogens is 1. The highest BCUT2D eigenvalue weighted by Gasteiger charge is 2.38. The molecule has 3 heterocycles. The maximum absolute atomic E-state index is 12.2. The van der Waals surface area contributed by atoms with Gasteiger partial charge >= 0.3 is 0 Å². The van der Waals surface area contributed by atoms with E-state index >= 15 is 0 Å². The molecule has 2 aliphatic heterocycles. The Balaban J connectivity index is 1.58. The standard InChI is InChI=1S/C15H19BrClN3O/c1-20-11-2-3-12(20)5-9(4-11)7-19-15(21)13-6-10(16)8-18-14(13)17/h6,8-9,11-12H,2-5,7H2,1H3,(H,19,21). The number of nitrogens with one attached hydrogen (secondary N) is 1. The van der Waals surface area contributed by atoms with Gasteiger partial charge in [0, 0.05) is 29.3 Å². The van der Waals surface area contributed by atoms with Crippen molar-refractivity contribution < 1.29 is 4.79 Å². The molecule has 21 heavy (non-hydrogen) atoms. The number of carbonyl (C=O) groups excluding carboxylic acids is 1. The lowest BCUT2D eigenvalue weighted by Crippen LogP contribution is -2.43. The van der Waals surface area contributed by atoms with Gasteiger partial charge in [-0.15, -0.1) is 0 Å². The van der Waals surface area contributed by atoms with Crippen molar-refractivity contribution in [2.45, 2.75) is 37.8 Å². The molecule has 0 saturated carbocycles. The number of pyridine rings is 1. The average Bonchev–Trinajstić information content (AvgIpc) is 2.69. The highest BCUT2D eigenvalue weighted by atomic mass is 79.9. The maximum atomic E-state index is 12.2. The molecule has 6 heteroatoms. The predicted octanol–water partition coefficient (Wildman–Crippen LogP) is 3.10. The zero-order chi connectivity index (χ0) is 15.0. The zero-order valence-corrected chi connectivity index (χ0v) is 14.3. The average molecular weight is 373 g/mol. The van der Waals surface area contributed by atoms with Crippen molar-refractivity contribution in [3.8, 4) is 0 Å². The van der Waals surface area contributed by atoms with Gasteiger partial charge in [-0.2, -0.15) is 0 Å². The highest BCUT2D eigenvalue weighted by Crippen LogP contribution is 2.37. The van der Waals surface area contributed by atoms with Gasteiger partial charge in [-0.1, -0.05) is 11.6 Å². The number of rotatable bonds is 3. The summed E-state index contributed by atoms with van der Waals surface area (Å²) in [6.45, 7) is 0.725. The Bertz CT molecular complexity index is 540. The molecule has 2 unspecified atom stereocenters. The zero-order valence-electron chi connectivity index (χ0n) is 12.0. The molecule has 2 saturated heterocycles. The summed E-state index contributed by atoms with van der Waals surface area (Å²) in [5.74, 6) is 0.432. The first-order valence-electron chi connectivity index (χ1n) is 7.35. The summed E-state index contributed by atoms with van der Waals surface area (Å²) in [4.78, 5) is 18.7. The van der Waals surface area contributed by atoms with Gasteiger partial charge in [-0.3, -0.25) is 4.79 Å². The van der Waals surface area contributed by atoms with Crippen molar-refractivity contribution in [3.05, 3.63) is 27.5 Å². The summed E-state index contributed by atoms with van der Waals surface area (Å²) in [6, 6.07) is 3.10. The van der Waals surface area contributed by atoms with Gasteiger partial charge in [0.05, 0.1) is 5.56 Å². The van der Waals surface area contributed by atoms with Crippen LogP contribution in [0.3, 0.4) is 0 Å². The second kappa shape index (κ2) is 6.23. The molecule has 114 valence electrons. The smallest absolute Gasteiger partial charge is 0.254 e. The summed E-state index contributed by atoms with van der Waals surface area (Å²) < 4.78 is 0.759. The van der Waals surface area contributed by atoms with Crippen molar-refractivity contribution in [3.63, 3.8) is 0 Å². The van der Waals surface area contributed by atoms with E-state index < -0.39 is 0 Å². The molecule has 0 aromatic carbocycles. The van der Waals surface area contributed by atoms with Crippen LogP contribution in [0.15, 0.2) is 16.7 Å². The Morgan fingerprint density at radius 1 is 1.48 bits per heavy atom. The quantitative estimate of drug-likeness (QED) is 0.829. The van der Waals surface area contributed by atoms with E-state index in [1.807, 2.05) is 0 Å². The Labute approximate surface area is 138 Å². The molecular weight excluding hydrogens is 354 g/mol. The first kappa shape index (κ1) is 15.3. The van der Waals surface area contributed by atoms with Crippen molar-refractivity contribution >= 4 is 33.4 Å². The van der Waals surface area contributed by atoms with E-state index in [-0.39, 0.29) is 11.1 Å². The summed E-state index contributed by atoms with van der Waals surface area (Å²) in [6.07, 6.45) is 6.54. The van der Waals surface area contributed by atoms with Gasteiger partial charge in [0.15, 0.2) is 0 Å². The van der Waals surface area contributed by atoms with Crippen LogP contribution in [0.25, 0.3) is 0 Å². The Morgan fingerprint density at radius 2 is 2.14 bits per heavy atom. The molecule has 1 amide bonds. The summed E-state index contributed by atoms with van der Waals surface area (Å²) in [7, 11) is 2.23. The van der Waals surface area contributed by atoms with Crippen molar-refractivity contribution in [2.75, 3.05) is 13.6 Å². The second-order valence-corrected chi connectivity index (χ2v) is 7.36. The van der Waals surface area contributed by atoms with Crippen molar-refractivity contribution in [1.82, 2.24) is 15.2 Å². The molecule has 4 nitrogen and oxygen atoms in total. The van der Waals surface area contributed by atoms with E-state index in [0.29, 0.717) is 23.6 Å². The van der Waals surface area contributed by atoms with Crippen LogP contribution in [0, 0.1) is 5.92 Å². The summed E-state index contributed by atoms with van der Waals surface area (Å²) in [5, 5.41) is 3.27. The number of halogens is 2. The number of fused-ring (bicyclic) bond motifs is 2. The Kier molecular flexibility index (Phi) is 4.52. The minimum Gasteiger partial charge on any atom is -0.352 e. The lowest BCUT2D eigenvalue weighted by atomic mass is 9.91. The number of hydrogen-bond donors (Lipinski definition) is 1. The van der Waals surface area contributed by atoms with Crippen LogP contribution in [-0.2, 0) is 0 Å². The summed E-state index contributed by atoms with van der Waals surface area (Å²) in [5.41, 5.74) is 0.432. The van der Waals surface area contributed by atoms with E-state index in [9.17, 15) is 4.79 Å². The fourth-order valence-electron chi connectivity index (χ4n) is 3.60. The number of nitrogens with zero attached hydrogens (tertiary/aromatic N) is 2. The first-order chi connectivity index (χ1) is 10.0. The molecule has 0 radical (unpaired) electrons. The van der Waals surface area contributed by atoms with Gasteiger partial charge in [-0.05, 0) is 60.6 Å². The largest absolute Gasteiger partial charge is 0.352 e. The van der Waals surface area contributed by atoms with Crippen LogP contribution in [0.4, 0.5) is 0 Å². The van der Waals surface area contributed by atoms with E-state index in [2.05, 4.69) is 38.2 Å². The van der Waals surface area contributed by atoms with Crippen LogP contribution in [0.5, 0.6) is 0 Å². The predicted molar refractivity (Wildman–Crippen MR) is 86.6 cm³/mol. The van der Waals surface area contributed by atoms with Gasteiger partial charge in [0.1, 0.15) is 5.15 Å². The fourth-order valence-corrected chi connectivity index (χ4v) is 4.13. The van der Waals surface area contributed by atoms with Crippen LogP contribution in [0.2, 0.25) is 5.15 Å². The minimum atomic E-state index is -0.139. The van der Waals surface area contributed by atoms with E-state index in [1.165, 1.54) is 25.7 Å². The number of piperidine rings is 1. The molecule has 3 rings (SSSR count). The monoisotopic (exact) mass is 371 g/mol. The molecule has 1 N–H and O–H groups in total. The van der Waals surface area contributed by atoms with Crippen LogP contribution < -0.4 is 5.32 Å². The molecule has 1 aromatic rings. The van der Waals surface area contributed by atoms with Gasteiger partial charge in [0.2, 0.25) is 0 Å². The van der Waals surface area contributed by atoms with Crippen molar-refractivity contribution in [2.24, 2.45) is 5.92 Å². The molecule has 0 aliphatic carbocycles. The molecule has 1 aromatic heterocycles. The first-order valence-corrected chi connectivity index (χ1v) is 8.53. The van der Waals surface area contributed by atoms with Gasteiger partial charge < -0.3 is 10.2 Å². The highest BCUT2D eigenvalue weighted by molar-refractivity contribution is 9.10. The molecule has 2 fully saturated rings. The van der Waals surface area contributed by atoms with Crippen LogP contribution in [-0.4, -0.2) is 41.5 Å². The summed E-state index contributed by atoms with van der Waals surface area (Å²) >= 11 is 9.30. The molecule has 2 bridgehead atoms. The van der Waals surface area contributed by atoms with Crippen molar-refractivity contribution in [1.29, 1.82) is 0 Å². The van der Waals surface area contributed by atoms with E-state index in [1.54, 1.807) is 12.3 Å². The Morgan fingerprint density at radius 3 is 2.81 bits per heavy atom. The minimum absolute atomic E-state index is 0.139. The van der Waals surface area contributed by atoms with E-state index in [4.69, 9.17) is 11.6 Å². The lowest BCUT2D eigenvalue weighted by Gasteiger charge is -2.36. The van der Waals surface area contributed by atoms with Gasteiger partial charge in [-0.25, -0.2) is 4.98 Å². The normalized spacial score (nSPS) is 28.6. The van der Waals surface area contributed by atoms with Crippen LogP contribution >= 0.6 is 27.5 Å². The lowest BCUT2D eigenvalue weighted by molar-refractivity contribution is 0.0917. The molecule has 2 aliphatic rings. The number of carbonyl (C=O) groups is 1. The number of hydrogen-bond acceptors (Lipinski definition) is 3. The molecular formula is C15H19BrClN3O. The SMILES string of the molecule is CN1C2CCC1CC(CNC(=O)c1cc(Br)cnc1Cl)C2. The van der Waals surface area contributed by atoms with Crippen LogP contribution in [0.1, 0.15) is 36.0 Å². The number of amides is 1. The van der Waals surface area contributed by atoms with E-state index in [0.717, 1.165) is 11.0 Å². The third-order valence-corrected chi connectivity index (χ3v) is 5.53.